The van der Waals surface area contributed by atoms with Crippen LogP contribution in [0.2, 0.25) is 0 Å². The fraction of sp³-hybridized carbons (Fsp3) is 0.360. The van der Waals surface area contributed by atoms with Gasteiger partial charge in [-0.15, -0.1) is 0 Å². The van der Waals surface area contributed by atoms with E-state index in [1.807, 2.05) is 4.90 Å². The zero-order valence-corrected chi connectivity index (χ0v) is 19.4. The Hall–Kier alpha value is -3.75. The van der Waals surface area contributed by atoms with E-state index >= 15 is 0 Å². The van der Waals surface area contributed by atoms with E-state index in [0.717, 1.165) is 38.8 Å². The van der Waals surface area contributed by atoms with Crippen LogP contribution in [0, 0.1) is 5.82 Å². The van der Waals surface area contributed by atoms with E-state index in [9.17, 15) is 14.0 Å². The molecule has 0 bridgehead atoms. The van der Waals surface area contributed by atoms with Gasteiger partial charge in [0.25, 0.3) is 5.91 Å². The summed E-state index contributed by atoms with van der Waals surface area (Å²) >= 11 is 0. The van der Waals surface area contributed by atoms with Crippen molar-refractivity contribution in [2.24, 2.45) is 0 Å². The number of nitrogens with one attached hydrogen (secondary N) is 1. The van der Waals surface area contributed by atoms with Crippen LogP contribution < -0.4 is 5.32 Å². The molecule has 34 heavy (non-hydrogen) atoms. The molecule has 178 valence electrons. The number of ether oxygens (including phenoxy) is 1. The van der Waals surface area contributed by atoms with Crippen LogP contribution in [0.5, 0.6) is 0 Å². The van der Waals surface area contributed by atoms with E-state index in [-0.39, 0.29) is 12.5 Å². The molecule has 1 saturated heterocycles. The number of fused-ring (bicyclic) bond motifs is 1. The van der Waals surface area contributed by atoms with Crippen LogP contribution in [0.4, 0.5) is 10.2 Å². The van der Waals surface area contributed by atoms with Crippen molar-refractivity contribution < 1.29 is 18.7 Å². The van der Waals surface area contributed by atoms with E-state index in [2.05, 4.69) is 15.4 Å². The maximum absolute atomic E-state index is 14.9. The molecule has 1 fully saturated rings. The molecule has 0 radical (unpaired) electrons. The molecule has 3 aromatic rings. The van der Waals surface area contributed by atoms with Crippen molar-refractivity contribution in [3.8, 4) is 11.3 Å². The largest absolute Gasteiger partial charge is 0.463 e. The third-order valence-corrected chi connectivity index (χ3v) is 5.76. The van der Waals surface area contributed by atoms with Gasteiger partial charge < -0.3 is 15.0 Å². The third-order valence-electron chi connectivity index (χ3n) is 5.76. The van der Waals surface area contributed by atoms with Crippen LogP contribution in [-0.4, -0.2) is 58.1 Å². The lowest BCUT2D eigenvalue weighted by atomic mass is 10.1. The third kappa shape index (κ3) is 5.08. The number of carbonyl (C=O) groups excluding carboxylic acids is 2. The van der Waals surface area contributed by atoms with E-state index in [1.54, 1.807) is 42.8 Å². The molecule has 2 aromatic heterocycles. The van der Waals surface area contributed by atoms with Crippen molar-refractivity contribution >= 4 is 29.4 Å². The summed E-state index contributed by atoms with van der Waals surface area (Å²) in [5, 5.41) is 7.56. The summed E-state index contributed by atoms with van der Waals surface area (Å²) in [6.07, 6.45) is 7.01. The second-order valence-electron chi connectivity index (χ2n) is 8.11. The minimum atomic E-state index is -0.485. The molecule has 0 unspecified atom stereocenters. The maximum atomic E-state index is 14.9. The monoisotopic (exact) mass is 465 g/mol. The van der Waals surface area contributed by atoms with Gasteiger partial charge in [0.15, 0.2) is 5.65 Å². The first-order valence-corrected chi connectivity index (χ1v) is 11.5. The lowest BCUT2D eigenvalue weighted by Gasteiger charge is -2.20. The standard InChI is InChI=1S/C25H28FN5O3/c1-3-34-24(32)11-9-17-8-10-18(19(26)14-17)20-15-23-28-21(16-22(27-2)31(23)29-20)25(33)30-12-6-4-5-7-13-30/h8-11,14-16,27H,3-7,12-13H2,1-2H3/b11-9+. The molecule has 1 aliphatic heterocycles. The van der Waals surface area contributed by atoms with Crippen molar-refractivity contribution in [3.63, 3.8) is 0 Å². The van der Waals surface area contributed by atoms with Gasteiger partial charge in [0.2, 0.25) is 0 Å². The predicted octanol–water partition coefficient (Wildman–Crippen LogP) is 4.17. The SMILES string of the molecule is CCOC(=O)/C=C/c1ccc(-c2cc3nc(C(=O)N4CCCCCC4)cc(NC)n3n2)c(F)c1. The number of hydrogen-bond acceptors (Lipinski definition) is 6. The maximum Gasteiger partial charge on any atom is 0.330 e. The van der Waals surface area contributed by atoms with Crippen molar-refractivity contribution in [1.29, 1.82) is 0 Å². The van der Waals surface area contributed by atoms with Gasteiger partial charge in [0, 0.05) is 43.9 Å². The lowest BCUT2D eigenvalue weighted by Crippen LogP contribution is -2.32. The fourth-order valence-electron chi connectivity index (χ4n) is 4.03. The Morgan fingerprint density at radius 3 is 2.59 bits per heavy atom. The average molecular weight is 466 g/mol. The van der Waals surface area contributed by atoms with Gasteiger partial charge in [0.1, 0.15) is 17.3 Å². The Kier molecular flexibility index (Phi) is 7.20. The van der Waals surface area contributed by atoms with Gasteiger partial charge in [0.05, 0.1) is 12.3 Å². The molecule has 9 heteroatoms. The molecule has 1 aliphatic rings. The van der Waals surface area contributed by atoms with Crippen molar-refractivity contribution in [1.82, 2.24) is 19.5 Å². The number of amides is 1. The van der Waals surface area contributed by atoms with Crippen LogP contribution in [0.1, 0.15) is 48.7 Å². The summed E-state index contributed by atoms with van der Waals surface area (Å²) in [6.45, 7) is 3.45. The van der Waals surface area contributed by atoms with Crippen molar-refractivity contribution in [3.05, 3.63) is 53.5 Å². The molecule has 0 spiro atoms. The van der Waals surface area contributed by atoms with Crippen LogP contribution in [0.25, 0.3) is 23.0 Å². The zero-order valence-electron chi connectivity index (χ0n) is 19.4. The Morgan fingerprint density at radius 2 is 1.91 bits per heavy atom. The number of nitrogens with zero attached hydrogens (tertiary/aromatic N) is 4. The lowest BCUT2D eigenvalue weighted by molar-refractivity contribution is -0.137. The molecule has 8 nitrogen and oxygen atoms in total. The molecule has 1 aromatic carbocycles. The number of likely N-dealkylation sites (tertiary alicyclic amines) is 1. The molecule has 0 atom stereocenters. The van der Waals surface area contributed by atoms with E-state index in [0.29, 0.717) is 34.0 Å². The van der Waals surface area contributed by atoms with Crippen LogP contribution in [-0.2, 0) is 9.53 Å². The minimum Gasteiger partial charge on any atom is -0.463 e. The summed E-state index contributed by atoms with van der Waals surface area (Å²) in [5.74, 6) is -0.485. The van der Waals surface area contributed by atoms with Crippen LogP contribution in [0.3, 0.4) is 0 Å². The van der Waals surface area contributed by atoms with Crippen molar-refractivity contribution in [2.75, 3.05) is 32.1 Å². The highest BCUT2D eigenvalue weighted by Gasteiger charge is 2.21. The second-order valence-corrected chi connectivity index (χ2v) is 8.11. The smallest absolute Gasteiger partial charge is 0.330 e. The van der Waals surface area contributed by atoms with Gasteiger partial charge in [-0.3, -0.25) is 4.79 Å². The first kappa shape index (κ1) is 23.4. The molecular formula is C25H28FN5O3. The van der Waals surface area contributed by atoms with Crippen molar-refractivity contribution in [2.45, 2.75) is 32.6 Å². The van der Waals surface area contributed by atoms with E-state index in [4.69, 9.17) is 4.74 Å². The van der Waals surface area contributed by atoms with E-state index < -0.39 is 11.8 Å². The molecular weight excluding hydrogens is 437 g/mol. The molecule has 4 rings (SSSR count). The summed E-state index contributed by atoms with van der Waals surface area (Å²) in [6, 6.07) is 7.96. The first-order valence-electron chi connectivity index (χ1n) is 11.5. The fourth-order valence-corrected chi connectivity index (χ4v) is 4.03. The quantitative estimate of drug-likeness (QED) is 0.434. The first-order chi connectivity index (χ1) is 16.5. The molecule has 0 saturated carbocycles. The number of aromatic nitrogens is 3. The summed E-state index contributed by atoms with van der Waals surface area (Å²) in [5.41, 5.74) is 2.00. The topological polar surface area (TPSA) is 88.8 Å². The number of carbonyl (C=O) groups is 2. The van der Waals surface area contributed by atoms with Gasteiger partial charge in [-0.05, 0) is 43.5 Å². The molecule has 3 heterocycles. The number of benzene rings is 1. The Bertz CT molecular complexity index is 1230. The zero-order chi connectivity index (χ0) is 24.1. The van der Waals surface area contributed by atoms with Gasteiger partial charge in [-0.1, -0.05) is 18.9 Å². The Labute approximate surface area is 197 Å². The normalized spacial score (nSPS) is 14.4. The number of esters is 1. The predicted molar refractivity (Wildman–Crippen MR) is 128 cm³/mol. The van der Waals surface area contributed by atoms with Gasteiger partial charge in [-0.2, -0.15) is 9.61 Å². The van der Waals surface area contributed by atoms with Gasteiger partial charge >= 0.3 is 5.97 Å². The summed E-state index contributed by atoms with van der Waals surface area (Å²) in [7, 11) is 1.74. The highest BCUT2D eigenvalue weighted by molar-refractivity contribution is 5.93. The minimum absolute atomic E-state index is 0.104. The molecule has 0 aliphatic carbocycles. The van der Waals surface area contributed by atoms with E-state index in [1.165, 1.54) is 18.2 Å². The summed E-state index contributed by atoms with van der Waals surface area (Å²) in [4.78, 5) is 31.0. The second kappa shape index (κ2) is 10.5. The highest BCUT2D eigenvalue weighted by Crippen LogP contribution is 2.26. The highest BCUT2D eigenvalue weighted by atomic mass is 19.1. The average Bonchev–Trinajstić information content (AvgIpc) is 3.07. The number of halogens is 1. The van der Waals surface area contributed by atoms with Crippen LogP contribution >= 0.6 is 0 Å². The molecule has 1 N–H and O–H groups in total. The number of rotatable bonds is 6. The molecule has 1 amide bonds. The Balaban J connectivity index is 1.64. The van der Waals surface area contributed by atoms with Crippen LogP contribution in [0.15, 0.2) is 36.4 Å². The number of hydrogen-bond donors (Lipinski definition) is 1. The summed E-state index contributed by atoms with van der Waals surface area (Å²) < 4.78 is 21.3. The Morgan fingerprint density at radius 1 is 1.15 bits per heavy atom. The van der Waals surface area contributed by atoms with Gasteiger partial charge in [-0.25, -0.2) is 14.2 Å². The number of anilines is 1.